The Morgan fingerprint density at radius 3 is 2.28 bits per heavy atom. The number of ether oxygens (including phenoxy) is 1. The van der Waals surface area contributed by atoms with Gasteiger partial charge in [-0.15, -0.1) is 0 Å². The largest absolute Gasteiger partial charge is 0.478 e. The van der Waals surface area contributed by atoms with Gasteiger partial charge in [0.2, 0.25) is 0 Å². The van der Waals surface area contributed by atoms with E-state index in [9.17, 15) is 9.59 Å². The molecule has 0 aromatic heterocycles. The van der Waals surface area contributed by atoms with Gasteiger partial charge in [-0.3, -0.25) is 0 Å². The van der Waals surface area contributed by atoms with Crippen molar-refractivity contribution in [3.63, 3.8) is 0 Å². The van der Waals surface area contributed by atoms with E-state index in [1.807, 2.05) is 6.92 Å². The van der Waals surface area contributed by atoms with Gasteiger partial charge < -0.3 is 9.84 Å². The van der Waals surface area contributed by atoms with E-state index in [1.165, 1.54) is 13.0 Å². The summed E-state index contributed by atoms with van der Waals surface area (Å²) >= 11 is 0. The minimum absolute atomic E-state index is 0.246. The summed E-state index contributed by atoms with van der Waals surface area (Å²) in [5.74, 6) is -1.29. The van der Waals surface area contributed by atoms with Gasteiger partial charge in [0, 0.05) is 11.1 Å². The normalized spacial score (nSPS) is 13.4. The highest BCUT2D eigenvalue weighted by atomic mass is 16.5. The highest BCUT2D eigenvalue weighted by Crippen LogP contribution is 2.12. The van der Waals surface area contributed by atoms with Gasteiger partial charge in [-0.25, -0.2) is 9.59 Å². The second-order valence-corrected chi connectivity index (χ2v) is 3.74. The number of carboxylic acid groups (broad SMARTS) is 1. The second-order valence-electron chi connectivity index (χ2n) is 3.74. The van der Waals surface area contributed by atoms with Crippen molar-refractivity contribution in [2.45, 2.75) is 34.1 Å². The van der Waals surface area contributed by atoms with Crippen molar-refractivity contribution in [1.29, 1.82) is 0 Å². The number of esters is 1. The first-order valence-electron chi connectivity index (χ1n) is 5.89. The number of hydrogen-bond acceptors (Lipinski definition) is 3. The number of allylic oxidation sites excluding steroid dienone is 4. The number of aliphatic carboxylic acids is 1. The first-order valence-corrected chi connectivity index (χ1v) is 5.89. The Morgan fingerprint density at radius 2 is 1.83 bits per heavy atom. The van der Waals surface area contributed by atoms with Crippen LogP contribution in [-0.4, -0.2) is 23.7 Å². The van der Waals surface area contributed by atoms with Gasteiger partial charge in [0.15, 0.2) is 0 Å². The van der Waals surface area contributed by atoms with Crippen LogP contribution in [0.25, 0.3) is 0 Å². The fourth-order valence-electron chi connectivity index (χ4n) is 1.26. The van der Waals surface area contributed by atoms with Crippen LogP contribution in [0.15, 0.2) is 34.9 Å². The molecule has 0 rings (SSSR count). The topological polar surface area (TPSA) is 63.6 Å². The Hall–Kier alpha value is -1.84. The van der Waals surface area contributed by atoms with E-state index in [4.69, 9.17) is 9.84 Å². The highest BCUT2D eigenvalue weighted by molar-refractivity contribution is 5.89. The number of hydrogen-bond donors (Lipinski definition) is 1. The molecule has 4 heteroatoms. The van der Waals surface area contributed by atoms with E-state index in [-0.39, 0.29) is 11.5 Å². The zero-order valence-corrected chi connectivity index (χ0v) is 11.3. The summed E-state index contributed by atoms with van der Waals surface area (Å²) in [6.07, 6.45) is 5.54. The van der Waals surface area contributed by atoms with Crippen molar-refractivity contribution in [3.05, 3.63) is 34.9 Å². The lowest BCUT2D eigenvalue weighted by atomic mass is 10.1. The molecule has 0 aliphatic heterocycles. The van der Waals surface area contributed by atoms with Crippen LogP contribution in [0.3, 0.4) is 0 Å². The average molecular weight is 252 g/mol. The molecule has 0 aromatic carbocycles. The molecule has 0 radical (unpaired) electrons. The van der Waals surface area contributed by atoms with Crippen molar-refractivity contribution in [3.8, 4) is 0 Å². The minimum Gasteiger partial charge on any atom is -0.478 e. The lowest BCUT2D eigenvalue weighted by Gasteiger charge is -2.05. The van der Waals surface area contributed by atoms with Crippen LogP contribution >= 0.6 is 0 Å². The van der Waals surface area contributed by atoms with Gasteiger partial charge >= 0.3 is 11.9 Å². The molecule has 0 unspecified atom stereocenters. The summed E-state index contributed by atoms with van der Waals surface area (Å²) in [7, 11) is 0. The van der Waals surface area contributed by atoms with Gasteiger partial charge in [-0.05, 0) is 32.8 Å². The Labute approximate surface area is 108 Å². The van der Waals surface area contributed by atoms with E-state index in [0.29, 0.717) is 18.6 Å². The van der Waals surface area contributed by atoms with Crippen LogP contribution in [-0.2, 0) is 14.3 Å². The van der Waals surface area contributed by atoms with Gasteiger partial charge in [0.25, 0.3) is 0 Å². The summed E-state index contributed by atoms with van der Waals surface area (Å²) in [6, 6.07) is 0. The number of carboxylic acids is 1. The van der Waals surface area contributed by atoms with Gasteiger partial charge in [-0.1, -0.05) is 25.2 Å². The molecule has 0 amide bonds. The van der Waals surface area contributed by atoms with Crippen molar-refractivity contribution in [2.75, 3.05) is 6.61 Å². The summed E-state index contributed by atoms with van der Waals surface area (Å²) in [5, 5.41) is 8.68. The van der Waals surface area contributed by atoms with Crippen molar-refractivity contribution in [1.82, 2.24) is 0 Å². The molecule has 1 N–H and O–H groups in total. The van der Waals surface area contributed by atoms with Crippen LogP contribution in [0.2, 0.25) is 0 Å². The van der Waals surface area contributed by atoms with E-state index < -0.39 is 5.97 Å². The van der Waals surface area contributed by atoms with Crippen molar-refractivity contribution < 1.29 is 19.4 Å². The molecule has 0 aromatic rings. The Bertz CT molecular complexity index is 400. The van der Waals surface area contributed by atoms with E-state index in [1.54, 1.807) is 26.0 Å². The molecule has 18 heavy (non-hydrogen) atoms. The van der Waals surface area contributed by atoms with Crippen LogP contribution in [0, 0.1) is 0 Å². The molecule has 0 saturated carbocycles. The molecule has 0 bridgehead atoms. The zero-order chi connectivity index (χ0) is 14.1. The second kappa shape index (κ2) is 8.28. The van der Waals surface area contributed by atoms with Gasteiger partial charge in [-0.2, -0.15) is 0 Å². The minimum atomic E-state index is -0.955. The van der Waals surface area contributed by atoms with E-state index in [2.05, 4.69) is 0 Å². The summed E-state index contributed by atoms with van der Waals surface area (Å²) in [6.45, 7) is 7.24. The first-order chi connectivity index (χ1) is 8.43. The Kier molecular flexibility index (Phi) is 7.43. The number of rotatable bonds is 6. The molecular formula is C14H20O4. The number of carbonyl (C=O) groups is 2. The Balaban J connectivity index is 4.95. The molecule has 4 nitrogen and oxygen atoms in total. The van der Waals surface area contributed by atoms with Crippen molar-refractivity contribution in [2.24, 2.45) is 0 Å². The van der Waals surface area contributed by atoms with Crippen LogP contribution < -0.4 is 0 Å². The quantitative estimate of drug-likeness (QED) is 0.448. The van der Waals surface area contributed by atoms with Crippen LogP contribution in [0.5, 0.6) is 0 Å². The third kappa shape index (κ3) is 5.48. The molecule has 0 saturated heterocycles. The molecule has 0 heterocycles. The maximum atomic E-state index is 11.5. The molecule has 0 fully saturated rings. The first kappa shape index (κ1) is 16.2. The lowest BCUT2D eigenvalue weighted by Crippen LogP contribution is -2.07. The maximum Gasteiger partial charge on any atom is 0.333 e. The molecule has 0 atom stereocenters. The Morgan fingerprint density at radius 1 is 1.22 bits per heavy atom. The SMILES string of the molecule is CCOC(=O)/C(C)=C(/C=C/C=C(\C)C(=O)O)CC. The standard InChI is InChI=1S/C14H20O4/c1-5-12(11(4)14(17)18-6-2)9-7-8-10(3)13(15)16/h7-9H,5-6H2,1-4H3,(H,15,16)/b9-7+,10-8+,12-11+. The van der Waals surface area contributed by atoms with Gasteiger partial charge in [0.1, 0.15) is 0 Å². The third-order valence-corrected chi connectivity index (χ3v) is 2.43. The molecular weight excluding hydrogens is 232 g/mol. The smallest absolute Gasteiger partial charge is 0.333 e. The third-order valence-electron chi connectivity index (χ3n) is 2.43. The summed E-state index contributed by atoms with van der Waals surface area (Å²) in [4.78, 5) is 22.1. The predicted molar refractivity (Wildman–Crippen MR) is 70.2 cm³/mol. The fourth-order valence-corrected chi connectivity index (χ4v) is 1.26. The molecule has 0 aliphatic carbocycles. The zero-order valence-electron chi connectivity index (χ0n) is 11.3. The predicted octanol–water partition coefficient (Wildman–Crippen LogP) is 2.86. The van der Waals surface area contributed by atoms with Crippen LogP contribution in [0.1, 0.15) is 34.1 Å². The average Bonchev–Trinajstić information content (AvgIpc) is 2.33. The molecule has 0 spiro atoms. The van der Waals surface area contributed by atoms with Crippen molar-refractivity contribution >= 4 is 11.9 Å². The number of carbonyl (C=O) groups excluding carboxylic acids is 1. The molecule has 100 valence electrons. The van der Waals surface area contributed by atoms with E-state index >= 15 is 0 Å². The summed E-state index contributed by atoms with van der Waals surface area (Å²) < 4.78 is 4.91. The lowest BCUT2D eigenvalue weighted by molar-refractivity contribution is -0.138. The maximum absolute atomic E-state index is 11.5. The van der Waals surface area contributed by atoms with Crippen LogP contribution in [0.4, 0.5) is 0 Å². The molecule has 0 aliphatic rings. The summed E-state index contributed by atoms with van der Waals surface area (Å²) in [5.41, 5.74) is 1.63. The monoisotopic (exact) mass is 252 g/mol. The van der Waals surface area contributed by atoms with Gasteiger partial charge in [0.05, 0.1) is 6.61 Å². The highest BCUT2D eigenvalue weighted by Gasteiger charge is 2.08. The van der Waals surface area contributed by atoms with E-state index in [0.717, 1.165) is 5.57 Å². The fraction of sp³-hybridized carbons (Fsp3) is 0.429.